The van der Waals surface area contributed by atoms with Crippen LogP contribution in [0.4, 0.5) is 5.82 Å². The molecule has 3 aromatic rings. The van der Waals surface area contributed by atoms with E-state index in [0.29, 0.717) is 6.54 Å². The number of rotatable bonds is 4. The summed E-state index contributed by atoms with van der Waals surface area (Å²) in [5.74, 6) is 1.97. The quantitative estimate of drug-likeness (QED) is 0.546. The second-order valence-corrected chi connectivity index (χ2v) is 7.50. The van der Waals surface area contributed by atoms with E-state index in [1.807, 2.05) is 43.6 Å². The number of piperazine rings is 1. The molecule has 0 amide bonds. The molecule has 28 heavy (non-hydrogen) atoms. The standard InChI is InChI=1S/C21H24N6S/c1-22-21(27-13-11-26(12-14-27)19-9-5-6-10-23-19)24-15-20-25-18(16-28-20)17-7-3-2-4-8-17/h2-10,16H,11-15H2,1H3,(H,22,24). The molecule has 1 aliphatic heterocycles. The number of nitrogens with zero attached hydrogens (tertiary/aromatic N) is 5. The Morgan fingerprint density at radius 3 is 2.57 bits per heavy atom. The summed E-state index contributed by atoms with van der Waals surface area (Å²) in [4.78, 5) is 18.3. The number of hydrogen-bond donors (Lipinski definition) is 1. The molecule has 0 atom stereocenters. The molecule has 1 fully saturated rings. The molecule has 6 nitrogen and oxygen atoms in total. The van der Waals surface area contributed by atoms with Gasteiger partial charge in [-0.1, -0.05) is 36.4 Å². The van der Waals surface area contributed by atoms with Crippen molar-refractivity contribution in [3.8, 4) is 11.3 Å². The maximum absolute atomic E-state index is 4.75. The summed E-state index contributed by atoms with van der Waals surface area (Å²) in [6.45, 7) is 4.40. The van der Waals surface area contributed by atoms with Gasteiger partial charge in [0.1, 0.15) is 10.8 Å². The summed E-state index contributed by atoms with van der Waals surface area (Å²) >= 11 is 1.68. The maximum Gasteiger partial charge on any atom is 0.194 e. The third kappa shape index (κ3) is 4.31. The molecule has 0 unspecified atom stereocenters. The van der Waals surface area contributed by atoms with Crippen LogP contribution in [0.2, 0.25) is 0 Å². The zero-order valence-corrected chi connectivity index (χ0v) is 16.8. The highest BCUT2D eigenvalue weighted by atomic mass is 32.1. The minimum atomic E-state index is 0.685. The second kappa shape index (κ2) is 8.84. The fourth-order valence-corrected chi connectivity index (χ4v) is 4.05. The van der Waals surface area contributed by atoms with Crippen molar-refractivity contribution in [1.29, 1.82) is 0 Å². The highest BCUT2D eigenvalue weighted by molar-refractivity contribution is 7.09. The van der Waals surface area contributed by atoms with Crippen molar-refractivity contribution >= 4 is 23.1 Å². The van der Waals surface area contributed by atoms with E-state index < -0.39 is 0 Å². The lowest BCUT2D eigenvalue weighted by molar-refractivity contribution is 0.371. The summed E-state index contributed by atoms with van der Waals surface area (Å²) in [7, 11) is 1.84. The van der Waals surface area contributed by atoms with Crippen molar-refractivity contribution in [1.82, 2.24) is 20.2 Å². The number of pyridine rings is 1. The lowest BCUT2D eigenvalue weighted by Crippen LogP contribution is -2.52. The van der Waals surface area contributed by atoms with Gasteiger partial charge in [-0.2, -0.15) is 0 Å². The van der Waals surface area contributed by atoms with Crippen LogP contribution in [0, 0.1) is 0 Å². The molecule has 0 saturated carbocycles. The summed E-state index contributed by atoms with van der Waals surface area (Å²) in [5.41, 5.74) is 2.18. The van der Waals surface area contributed by atoms with Gasteiger partial charge in [0, 0.05) is 50.4 Å². The van der Waals surface area contributed by atoms with Gasteiger partial charge >= 0.3 is 0 Å². The van der Waals surface area contributed by atoms with Crippen molar-refractivity contribution in [2.45, 2.75) is 6.54 Å². The SMILES string of the molecule is CN=C(NCc1nc(-c2ccccc2)cs1)N1CCN(c2ccccn2)CC1. The fourth-order valence-electron chi connectivity index (χ4n) is 3.31. The number of benzene rings is 1. The molecule has 0 spiro atoms. The van der Waals surface area contributed by atoms with Crippen LogP contribution in [0.1, 0.15) is 5.01 Å². The molecule has 1 aromatic carbocycles. The van der Waals surface area contributed by atoms with Gasteiger partial charge in [-0.15, -0.1) is 11.3 Å². The van der Waals surface area contributed by atoms with E-state index in [0.717, 1.165) is 54.2 Å². The van der Waals surface area contributed by atoms with Gasteiger partial charge in [0.25, 0.3) is 0 Å². The molecule has 1 N–H and O–H groups in total. The van der Waals surface area contributed by atoms with Gasteiger partial charge < -0.3 is 15.1 Å². The van der Waals surface area contributed by atoms with Gasteiger partial charge in [-0.25, -0.2) is 9.97 Å². The van der Waals surface area contributed by atoms with Gasteiger partial charge in [0.05, 0.1) is 12.2 Å². The number of thiazole rings is 1. The predicted molar refractivity (Wildman–Crippen MR) is 116 cm³/mol. The third-order valence-corrected chi connectivity index (χ3v) is 5.63. The highest BCUT2D eigenvalue weighted by Crippen LogP contribution is 2.21. The minimum Gasteiger partial charge on any atom is -0.353 e. The van der Waals surface area contributed by atoms with Crippen molar-refractivity contribution in [3.05, 3.63) is 65.1 Å². The first-order chi connectivity index (χ1) is 13.8. The molecule has 7 heteroatoms. The van der Waals surface area contributed by atoms with E-state index in [1.165, 1.54) is 0 Å². The Morgan fingerprint density at radius 1 is 1.07 bits per heavy atom. The molecule has 2 aromatic heterocycles. The van der Waals surface area contributed by atoms with Crippen LogP contribution in [-0.4, -0.2) is 54.1 Å². The van der Waals surface area contributed by atoms with Gasteiger partial charge in [-0.3, -0.25) is 4.99 Å². The Bertz CT molecular complexity index is 901. The largest absolute Gasteiger partial charge is 0.353 e. The fraction of sp³-hybridized carbons (Fsp3) is 0.286. The molecule has 144 valence electrons. The molecule has 0 aliphatic carbocycles. The van der Waals surface area contributed by atoms with E-state index in [-0.39, 0.29) is 0 Å². The van der Waals surface area contributed by atoms with Crippen molar-refractivity contribution in [3.63, 3.8) is 0 Å². The normalized spacial score (nSPS) is 15.0. The van der Waals surface area contributed by atoms with E-state index >= 15 is 0 Å². The Hall–Kier alpha value is -2.93. The summed E-state index contributed by atoms with van der Waals surface area (Å²) in [5, 5.41) is 6.64. The van der Waals surface area contributed by atoms with E-state index in [4.69, 9.17) is 4.98 Å². The third-order valence-electron chi connectivity index (χ3n) is 4.78. The first-order valence-corrected chi connectivity index (χ1v) is 10.3. The van der Waals surface area contributed by atoms with Crippen LogP contribution < -0.4 is 10.2 Å². The number of hydrogen-bond acceptors (Lipinski definition) is 5. The van der Waals surface area contributed by atoms with Crippen LogP contribution in [0.5, 0.6) is 0 Å². The van der Waals surface area contributed by atoms with Crippen LogP contribution >= 0.6 is 11.3 Å². The maximum atomic E-state index is 4.75. The number of nitrogens with one attached hydrogen (secondary N) is 1. The molecular weight excluding hydrogens is 368 g/mol. The van der Waals surface area contributed by atoms with E-state index in [9.17, 15) is 0 Å². The molecule has 1 saturated heterocycles. The van der Waals surface area contributed by atoms with Gasteiger partial charge in [0.2, 0.25) is 0 Å². The molecule has 3 heterocycles. The Labute approximate surface area is 169 Å². The smallest absolute Gasteiger partial charge is 0.194 e. The number of aliphatic imine (C=N–C) groups is 1. The highest BCUT2D eigenvalue weighted by Gasteiger charge is 2.20. The minimum absolute atomic E-state index is 0.685. The van der Waals surface area contributed by atoms with Crippen LogP contribution in [0.25, 0.3) is 11.3 Å². The number of anilines is 1. The van der Waals surface area contributed by atoms with Crippen molar-refractivity contribution in [2.24, 2.45) is 4.99 Å². The summed E-state index contributed by atoms with van der Waals surface area (Å²) in [6.07, 6.45) is 1.85. The molecule has 0 radical (unpaired) electrons. The number of guanidine groups is 1. The van der Waals surface area contributed by atoms with Crippen LogP contribution in [-0.2, 0) is 6.54 Å². The lowest BCUT2D eigenvalue weighted by Gasteiger charge is -2.37. The lowest BCUT2D eigenvalue weighted by atomic mass is 10.2. The van der Waals surface area contributed by atoms with E-state index in [2.05, 4.69) is 48.7 Å². The summed E-state index contributed by atoms with van der Waals surface area (Å²) < 4.78 is 0. The Balaban J connectivity index is 1.32. The monoisotopic (exact) mass is 392 g/mol. The zero-order chi connectivity index (χ0) is 19.2. The van der Waals surface area contributed by atoms with Gasteiger partial charge in [0.15, 0.2) is 5.96 Å². The van der Waals surface area contributed by atoms with Crippen LogP contribution in [0.3, 0.4) is 0 Å². The average molecular weight is 393 g/mol. The summed E-state index contributed by atoms with van der Waals surface area (Å²) in [6, 6.07) is 16.3. The predicted octanol–water partition coefficient (Wildman–Crippen LogP) is 3.10. The molecule has 4 rings (SSSR count). The second-order valence-electron chi connectivity index (χ2n) is 6.56. The van der Waals surface area contributed by atoms with Crippen molar-refractivity contribution in [2.75, 3.05) is 38.1 Å². The Kier molecular flexibility index (Phi) is 5.82. The average Bonchev–Trinajstić information content (AvgIpc) is 3.25. The zero-order valence-electron chi connectivity index (χ0n) is 16.0. The molecule has 0 bridgehead atoms. The topological polar surface area (TPSA) is 56.7 Å². The first kappa shape index (κ1) is 18.4. The first-order valence-electron chi connectivity index (χ1n) is 9.45. The molecule has 1 aliphatic rings. The molecular formula is C21H24N6S. The van der Waals surface area contributed by atoms with E-state index in [1.54, 1.807) is 11.3 Å². The van der Waals surface area contributed by atoms with Crippen molar-refractivity contribution < 1.29 is 0 Å². The van der Waals surface area contributed by atoms with Gasteiger partial charge in [-0.05, 0) is 12.1 Å². The van der Waals surface area contributed by atoms with Crippen LogP contribution in [0.15, 0.2) is 65.1 Å². The Morgan fingerprint density at radius 2 is 1.86 bits per heavy atom. The number of aromatic nitrogens is 2.